The third-order valence-corrected chi connectivity index (χ3v) is 8.55. The van der Waals surface area contributed by atoms with Crippen molar-refractivity contribution in [3.63, 3.8) is 0 Å². The number of ether oxygens (including phenoxy) is 1. The fourth-order valence-electron chi connectivity index (χ4n) is 6.08. The molecule has 5 nitrogen and oxygen atoms in total. The Morgan fingerprint density at radius 1 is 1.08 bits per heavy atom. The number of alkyl halides is 3. The number of likely N-dealkylation sites (tertiary alicyclic amines) is 1. The number of phenols is 1. The van der Waals surface area contributed by atoms with Crippen LogP contribution in [0.3, 0.4) is 0 Å². The van der Waals surface area contributed by atoms with Crippen molar-refractivity contribution in [2.45, 2.75) is 76.4 Å². The van der Waals surface area contributed by atoms with E-state index in [1.54, 1.807) is 24.3 Å². The van der Waals surface area contributed by atoms with E-state index in [4.69, 9.17) is 9.84 Å². The van der Waals surface area contributed by atoms with E-state index in [1.807, 2.05) is 0 Å². The first kappa shape index (κ1) is 25.9. The van der Waals surface area contributed by atoms with E-state index in [9.17, 15) is 23.1 Å². The van der Waals surface area contributed by atoms with Crippen LogP contribution in [0.15, 0.2) is 30.3 Å². The lowest BCUT2D eigenvalue weighted by Gasteiger charge is -2.33. The molecular weight excluding hydrogens is 483 g/mol. The van der Waals surface area contributed by atoms with Crippen LogP contribution in [-0.2, 0) is 30.4 Å². The Kier molecular flexibility index (Phi) is 7.14. The molecule has 0 radical (unpaired) electrons. The molecular formula is C29H34F3NO4. The number of aromatic hydroxyl groups is 1. The van der Waals surface area contributed by atoms with Gasteiger partial charge in [0.2, 0.25) is 0 Å². The third-order valence-electron chi connectivity index (χ3n) is 8.55. The Labute approximate surface area is 215 Å². The average molecular weight is 518 g/mol. The fourth-order valence-corrected chi connectivity index (χ4v) is 6.08. The van der Waals surface area contributed by atoms with Gasteiger partial charge in [0, 0.05) is 30.5 Å². The van der Waals surface area contributed by atoms with E-state index in [0.29, 0.717) is 36.3 Å². The summed E-state index contributed by atoms with van der Waals surface area (Å²) in [7, 11) is 0. The second kappa shape index (κ2) is 10.2. The number of aryl methyl sites for hydroxylation is 1. The Hall–Kier alpha value is -2.74. The molecule has 37 heavy (non-hydrogen) atoms. The maximum absolute atomic E-state index is 13.4. The SMILES string of the molecule is FC(F)(F)c1ccc2c(c1CN1CCC3(CC1)CC3)CCC2.O=C(O)CCC1COc2cc(O)ccc21. The Balaban J connectivity index is 0.000000164. The molecule has 1 saturated carbocycles. The van der Waals surface area contributed by atoms with E-state index in [-0.39, 0.29) is 18.1 Å². The number of carboxylic acid groups (broad SMARTS) is 1. The summed E-state index contributed by atoms with van der Waals surface area (Å²) in [5.41, 5.74) is 3.85. The standard InChI is InChI=1S/C18H22F3N.C11H12O4/c19-18(20,21)16-5-4-13-2-1-3-14(13)15(16)12-22-10-8-17(6-7-17)9-11-22;12-8-2-3-9-7(1-4-11(13)14)6-15-10(9)5-8/h4-5H,1-3,6-12H2;2-3,5,7,12H,1,4,6H2,(H,13,14). The monoisotopic (exact) mass is 517 g/mol. The molecule has 1 unspecified atom stereocenters. The summed E-state index contributed by atoms with van der Waals surface area (Å²) < 4.78 is 45.5. The molecule has 0 bridgehead atoms. The zero-order valence-corrected chi connectivity index (χ0v) is 20.9. The quantitative estimate of drug-likeness (QED) is 0.487. The van der Waals surface area contributed by atoms with Crippen LogP contribution in [0.1, 0.15) is 78.7 Å². The van der Waals surface area contributed by atoms with Crippen molar-refractivity contribution < 1.29 is 32.9 Å². The van der Waals surface area contributed by atoms with Crippen molar-refractivity contribution in [2.24, 2.45) is 5.41 Å². The van der Waals surface area contributed by atoms with Gasteiger partial charge in [-0.2, -0.15) is 13.2 Å². The molecule has 4 aliphatic rings. The van der Waals surface area contributed by atoms with Crippen LogP contribution < -0.4 is 4.74 Å². The summed E-state index contributed by atoms with van der Waals surface area (Å²) in [5.74, 6) is 0.192. The lowest BCUT2D eigenvalue weighted by molar-refractivity contribution is -0.139. The first-order valence-corrected chi connectivity index (χ1v) is 13.2. The van der Waals surface area contributed by atoms with Crippen molar-refractivity contribution in [1.82, 2.24) is 4.90 Å². The maximum atomic E-state index is 13.4. The van der Waals surface area contributed by atoms with Gasteiger partial charge in [0.05, 0.1) is 12.2 Å². The van der Waals surface area contributed by atoms with E-state index >= 15 is 0 Å². The molecule has 2 N–H and O–H groups in total. The summed E-state index contributed by atoms with van der Waals surface area (Å²) in [6, 6.07) is 7.97. The van der Waals surface area contributed by atoms with Gasteiger partial charge in [-0.1, -0.05) is 12.1 Å². The van der Waals surface area contributed by atoms with Gasteiger partial charge in [0.25, 0.3) is 0 Å². The van der Waals surface area contributed by atoms with Gasteiger partial charge in [-0.05, 0) is 98.7 Å². The Bertz CT molecular complexity index is 1150. The van der Waals surface area contributed by atoms with Crippen molar-refractivity contribution in [1.29, 1.82) is 0 Å². The molecule has 2 fully saturated rings. The summed E-state index contributed by atoms with van der Waals surface area (Å²) >= 11 is 0. The van der Waals surface area contributed by atoms with Crippen molar-refractivity contribution in [3.8, 4) is 11.5 Å². The third kappa shape index (κ3) is 5.89. The predicted molar refractivity (Wildman–Crippen MR) is 133 cm³/mol. The number of nitrogens with zero attached hydrogens (tertiary/aromatic N) is 1. The number of fused-ring (bicyclic) bond motifs is 2. The van der Waals surface area contributed by atoms with Crippen LogP contribution in [0.4, 0.5) is 13.2 Å². The number of phenolic OH excluding ortho intramolecular Hbond substituents is 1. The van der Waals surface area contributed by atoms with Gasteiger partial charge in [-0.3, -0.25) is 9.69 Å². The van der Waals surface area contributed by atoms with Crippen LogP contribution in [0.2, 0.25) is 0 Å². The summed E-state index contributed by atoms with van der Waals surface area (Å²) in [5, 5.41) is 17.8. The van der Waals surface area contributed by atoms with E-state index in [2.05, 4.69) is 4.90 Å². The van der Waals surface area contributed by atoms with E-state index in [1.165, 1.54) is 31.7 Å². The molecule has 0 aromatic heterocycles. The number of hydrogen-bond donors (Lipinski definition) is 2. The first-order chi connectivity index (χ1) is 17.6. The van der Waals surface area contributed by atoms with Gasteiger partial charge in [0.15, 0.2) is 0 Å². The first-order valence-electron chi connectivity index (χ1n) is 13.2. The van der Waals surface area contributed by atoms with Crippen LogP contribution in [0.5, 0.6) is 11.5 Å². The molecule has 8 heteroatoms. The van der Waals surface area contributed by atoms with Gasteiger partial charge < -0.3 is 14.9 Å². The van der Waals surface area contributed by atoms with Gasteiger partial charge >= 0.3 is 12.1 Å². The second-order valence-corrected chi connectivity index (χ2v) is 11.0. The summed E-state index contributed by atoms with van der Waals surface area (Å²) in [4.78, 5) is 12.7. The minimum absolute atomic E-state index is 0.136. The van der Waals surface area contributed by atoms with Crippen molar-refractivity contribution >= 4 is 5.97 Å². The van der Waals surface area contributed by atoms with Gasteiger partial charge in [-0.15, -0.1) is 0 Å². The Morgan fingerprint density at radius 2 is 1.84 bits per heavy atom. The number of rotatable bonds is 5. The molecule has 2 aliphatic heterocycles. The highest BCUT2D eigenvalue weighted by atomic mass is 19.4. The van der Waals surface area contributed by atoms with Crippen LogP contribution >= 0.6 is 0 Å². The van der Waals surface area contributed by atoms with Gasteiger partial charge in [-0.25, -0.2) is 0 Å². The average Bonchev–Trinajstić information content (AvgIpc) is 3.24. The highest BCUT2D eigenvalue weighted by Crippen LogP contribution is 2.53. The predicted octanol–water partition coefficient (Wildman–Crippen LogP) is 6.30. The Morgan fingerprint density at radius 3 is 2.51 bits per heavy atom. The molecule has 1 atom stereocenters. The second-order valence-electron chi connectivity index (χ2n) is 11.0. The number of halogens is 3. The number of aliphatic carboxylic acids is 1. The number of benzene rings is 2. The molecule has 1 saturated heterocycles. The van der Waals surface area contributed by atoms with Crippen molar-refractivity contribution in [3.05, 3.63) is 58.1 Å². The minimum Gasteiger partial charge on any atom is -0.508 e. The largest absolute Gasteiger partial charge is 0.508 e. The van der Waals surface area contributed by atoms with Crippen LogP contribution in [0.25, 0.3) is 0 Å². The van der Waals surface area contributed by atoms with E-state index in [0.717, 1.165) is 49.0 Å². The fraction of sp³-hybridized carbons (Fsp3) is 0.552. The minimum atomic E-state index is -4.24. The number of carboxylic acids is 1. The lowest BCUT2D eigenvalue weighted by Crippen LogP contribution is -2.34. The van der Waals surface area contributed by atoms with Crippen LogP contribution in [-0.4, -0.2) is 40.8 Å². The normalized spacial score (nSPS) is 21.5. The topological polar surface area (TPSA) is 70.0 Å². The molecule has 6 rings (SSSR count). The highest BCUT2D eigenvalue weighted by molar-refractivity contribution is 5.66. The smallest absolute Gasteiger partial charge is 0.416 e. The summed E-state index contributed by atoms with van der Waals surface area (Å²) in [6.07, 6.45) is 4.22. The molecule has 0 amide bonds. The van der Waals surface area contributed by atoms with Crippen LogP contribution in [0, 0.1) is 5.41 Å². The zero-order chi connectivity index (χ0) is 26.2. The number of carbonyl (C=O) groups is 1. The van der Waals surface area contributed by atoms with E-state index < -0.39 is 17.7 Å². The molecule has 2 aromatic rings. The molecule has 2 heterocycles. The lowest BCUT2D eigenvalue weighted by atomic mass is 9.92. The molecule has 2 aliphatic carbocycles. The van der Waals surface area contributed by atoms with Crippen molar-refractivity contribution in [2.75, 3.05) is 19.7 Å². The zero-order valence-electron chi connectivity index (χ0n) is 20.9. The van der Waals surface area contributed by atoms with Gasteiger partial charge in [0.1, 0.15) is 11.5 Å². The maximum Gasteiger partial charge on any atom is 0.416 e. The summed E-state index contributed by atoms with van der Waals surface area (Å²) in [6.45, 7) is 2.90. The highest BCUT2D eigenvalue weighted by Gasteiger charge is 2.44. The molecule has 1 spiro atoms. The molecule has 2 aromatic carbocycles. The molecule has 200 valence electrons. The number of hydrogen-bond acceptors (Lipinski definition) is 4. The number of piperidine rings is 1.